The number of fused-ring (bicyclic) bond motifs is 1. The van der Waals surface area contributed by atoms with Crippen LogP contribution in [0.15, 0.2) is 96.6 Å². The molecule has 2 heteroatoms. The molecule has 0 saturated carbocycles. The maximum atomic E-state index is 5.33. The van der Waals surface area contributed by atoms with E-state index in [0.29, 0.717) is 0 Å². The molecule has 0 fully saturated rings. The molecule has 0 atom stereocenters. The number of allylic oxidation sites excluding steroid dienone is 5. The summed E-state index contributed by atoms with van der Waals surface area (Å²) in [6.45, 7) is 0. The van der Waals surface area contributed by atoms with E-state index in [0.717, 1.165) is 22.7 Å². The average molecular weight is 353 g/mol. The third kappa shape index (κ3) is 3.34. The second kappa shape index (κ2) is 7.46. The lowest BCUT2D eigenvalue weighted by atomic mass is 9.90. The Morgan fingerprint density at radius 2 is 1.52 bits per heavy atom. The van der Waals surface area contributed by atoms with Crippen LogP contribution in [-0.4, -0.2) is 20.0 Å². The second-order valence-electron chi connectivity index (χ2n) is 6.36. The molecule has 2 nitrogen and oxygen atoms in total. The highest BCUT2D eigenvalue weighted by Gasteiger charge is 2.18. The Balaban J connectivity index is 1.93. The van der Waals surface area contributed by atoms with E-state index < -0.39 is 0 Å². The molecule has 0 heterocycles. The third-order valence-corrected chi connectivity index (χ3v) is 4.82. The van der Waals surface area contributed by atoms with Gasteiger partial charge in [0.25, 0.3) is 7.11 Å². The largest absolute Gasteiger partial charge is 0.497 e. The molecule has 0 amide bonds. The van der Waals surface area contributed by atoms with Crippen LogP contribution in [0.1, 0.15) is 11.1 Å². The highest BCUT2D eigenvalue weighted by Crippen LogP contribution is 2.38. The Morgan fingerprint density at radius 3 is 2.22 bits per heavy atom. The Labute approximate surface area is 159 Å². The summed E-state index contributed by atoms with van der Waals surface area (Å²) in [5.41, 5.74) is 7.19. The normalized spacial score (nSPS) is 13.1. The van der Waals surface area contributed by atoms with Gasteiger partial charge >= 0.3 is 5.78 Å². The van der Waals surface area contributed by atoms with Gasteiger partial charge < -0.3 is 4.74 Å². The number of benzene rings is 1. The van der Waals surface area contributed by atoms with Crippen LogP contribution in [-0.2, 0) is 4.42 Å². The zero-order valence-electron chi connectivity index (χ0n) is 15.5. The fraction of sp³-hybridized carbons (Fsp3) is 0.0800. The number of rotatable bonds is 3. The molecule has 1 aromatic carbocycles. The summed E-state index contributed by atoms with van der Waals surface area (Å²) in [6.07, 6.45) is 8.23. The molecule has 0 aromatic heterocycles. The van der Waals surface area contributed by atoms with E-state index in [4.69, 9.17) is 9.16 Å². The van der Waals surface area contributed by atoms with Gasteiger partial charge in [-0.2, -0.15) is 0 Å². The average Bonchev–Trinajstić information content (AvgIpc) is 2.96. The van der Waals surface area contributed by atoms with Gasteiger partial charge in [-0.15, -0.1) is 0 Å². The van der Waals surface area contributed by atoms with Crippen molar-refractivity contribution in [2.24, 2.45) is 0 Å². The monoisotopic (exact) mass is 353 g/mol. The van der Waals surface area contributed by atoms with Gasteiger partial charge in [-0.25, -0.2) is 0 Å². The Kier molecular flexibility index (Phi) is 4.71. The first-order valence-corrected chi connectivity index (χ1v) is 8.94. The van der Waals surface area contributed by atoms with Crippen molar-refractivity contribution in [1.29, 1.82) is 0 Å². The third-order valence-electron chi connectivity index (χ3n) is 4.82. The highest BCUT2D eigenvalue weighted by atomic mass is 16.5. The molecular formula is C25H21O2+. The summed E-state index contributed by atoms with van der Waals surface area (Å²) in [7, 11) is 3.38. The molecule has 27 heavy (non-hydrogen) atoms. The Bertz CT molecular complexity index is 1030. The molecule has 0 unspecified atom stereocenters. The van der Waals surface area contributed by atoms with E-state index in [1.54, 1.807) is 14.2 Å². The minimum atomic E-state index is 0.853. The van der Waals surface area contributed by atoms with E-state index in [-0.39, 0.29) is 0 Å². The topological polar surface area (TPSA) is 20.5 Å². The van der Waals surface area contributed by atoms with Crippen molar-refractivity contribution in [3.8, 4) is 16.9 Å². The van der Waals surface area contributed by atoms with Crippen LogP contribution < -0.4 is 4.74 Å². The maximum absolute atomic E-state index is 5.33. The molecular weight excluding hydrogens is 332 g/mol. The number of hydrogen-bond acceptors (Lipinski definition) is 1. The van der Waals surface area contributed by atoms with Crippen molar-refractivity contribution >= 4 is 11.4 Å². The molecule has 0 radical (unpaired) electrons. The van der Waals surface area contributed by atoms with Gasteiger partial charge in [0, 0.05) is 12.2 Å². The van der Waals surface area contributed by atoms with Gasteiger partial charge in [0.05, 0.1) is 7.11 Å². The minimum Gasteiger partial charge on any atom is -0.497 e. The molecule has 1 aromatic rings. The number of ketones is 1. The summed E-state index contributed by atoms with van der Waals surface area (Å²) in [5.74, 6) is 1.71. The van der Waals surface area contributed by atoms with Gasteiger partial charge in [-0.1, -0.05) is 54.6 Å². The van der Waals surface area contributed by atoms with Crippen LogP contribution in [0.2, 0.25) is 0 Å². The quantitative estimate of drug-likeness (QED) is 0.573. The molecule has 0 N–H and O–H groups in total. The van der Waals surface area contributed by atoms with Crippen molar-refractivity contribution in [2.45, 2.75) is 0 Å². The molecule has 0 spiro atoms. The summed E-state index contributed by atoms with van der Waals surface area (Å²) in [6, 6.07) is 23.2. The lowest BCUT2D eigenvalue weighted by molar-refractivity contribution is -0.417. The fourth-order valence-electron chi connectivity index (χ4n) is 3.43. The molecule has 0 bridgehead atoms. The van der Waals surface area contributed by atoms with E-state index in [1.165, 1.54) is 22.3 Å². The minimum absolute atomic E-state index is 0.853. The van der Waals surface area contributed by atoms with Crippen LogP contribution in [0.25, 0.3) is 16.7 Å². The van der Waals surface area contributed by atoms with Crippen LogP contribution in [0.4, 0.5) is 0 Å². The number of methoxy groups -OCH3 is 1. The number of carbonyl (C=O) groups excluding carboxylic acids is 1. The SMILES string of the molecule is COc1ccc(C(=C2C=CC(=[O+]C)C=C2)c2ccc3cccccc2-3)cc1. The molecule has 4 rings (SSSR count). The summed E-state index contributed by atoms with van der Waals surface area (Å²) in [5, 5.41) is 0. The lowest BCUT2D eigenvalue weighted by Gasteiger charge is -2.14. The van der Waals surface area contributed by atoms with Crippen molar-refractivity contribution in [3.05, 3.63) is 108 Å². The predicted octanol–water partition coefficient (Wildman–Crippen LogP) is 5.46. The molecule has 0 aliphatic heterocycles. The van der Waals surface area contributed by atoms with E-state index >= 15 is 0 Å². The van der Waals surface area contributed by atoms with Gasteiger partial charge in [0.2, 0.25) is 0 Å². The van der Waals surface area contributed by atoms with Crippen molar-refractivity contribution in [3.63, 3.8) is 0 Å². The number of hydrogen-bond donors (Lipinski definition) is 0. The van der Waals surface area contributed by atoms with Crippen LogP contribution in [0, 0.1) is 0 Å². The van der Waals surface area contributed by atoms with E-state index in [2.05, 4.69) is 66.7 Å². The van der Waals surface area contributed by atoms with Crippen molar-refractivity contribution < 1.29 is 9.16 Å². The van der Waals surface area contributed by atoms with Gasteiger partial charge in [-0.3, -0.25) is 4.42 Å². The van der Waals surface area contributed by atoms with Gasteiger partial charge in [0.15, 0.2) is 0 Å². The Hall–Kier alpha value is -3.39. The molecule has 3 aliphatic carbocycles. The first kappa shape index (κ1) is 17.0. The first-order valence-electron chi connectivity index (χ1n) is 8.94. The van der Waals surface area contributed by atoms with Crippen molar-refractivity contribution in [1.82, 2.24) is 0 Å². The van der Waals surface area contributed by atoms with E-state index in [9.17, 15) is 0 Å². The summed E-state index contributed by atoms with van der Waals surface area (Å²) < 4.78 is 10.7. The van der Waals surface area contributed by atoms with Gasteiger partial charge in [0.1, 0.15) is 5.75 Å². The second-order valence-corrected chi connectivity index (χ2v) is 6.36. The smallest absolute Gasteiger partial charge is 0.343 e. The van der Waals surface area contributed by atoms with Crippen LogP contribution >= 0.6 is 0 Å². The maximum Gasteiger partial charge on any atom is 0.343 e. The van der Waals surface area contributed by atoms with Crippen LogP contribution in [0.5, 0.6) is 5.75 Å². The molecule has 3 aliphatic rings. The van der Waals surface area contributed by atoms with Gasteiger partial charge in [-0.05, 0) is 57.7 Å². The van der Waals surface area contributed by atoms with E-state index in [1.807, 2.05) is 24.3 Å². The molecule has 0 saturated heterocycles. The number of ether oxygens (including phenoxy) is 1. The zero-order valence-corrected chi connectivity index (χ0v) is 15.5. The first-order chi connectivity index (χ1) is 13.3. The fourth-order valence-corrected chi connectivity index (χ4v) is 3.43. The lowest BCUT2D eigenvalue weighted by Crippen LogP contribution is -1.99. The standard InChI is InChI=1S/C25H21O2/c1-26-21-13-8-19(9-14-21)25(20-10-15-22(27-2)16-11-20)24-17-12-18-6-4-3-5-7-23(18)24/h3-17H,1-2H3/q+1. The Morgan fingerprint density at radius 1 is 0.778 bits per heavy atom. The predicted molar refractivity (Wildman–Crippen MR) is 111 cm³/mol. The molecule has 132 valence electrons. The zero-order chi connectivity index (χ0) is 18.6. The summed E-state index contributed by atoms with van der Waals surface area (Å²) in [4.78, 5) is 0. The summed E-state index contributed by atoms with van der Waals surface area (Å²) >= 11 is 0. The van der Waals surface area contributed by atoms with Crippen molar-refractivity contribution in [2.75, 3.05) is 14.2 Å². The highest BCUT2D eigenvalue weighted by molar-refractivity contribution is 6.04. The van der Waals surface area contributed by atoms with Crippen LogP contribution in [0.3, 0.4) is 0 Å².